The number of carbonyl (C=O) groups excluding carboxylic acids is 5. The molecule has 11 nitrogen and oxygen atoms in total. The molecule has 0 aliphatic rings. The van der Waals surface area contributed by atoms with Gasteiger partial charge < -0.3 is 30.7 Å². The summed E-state index contributed by atoms with van der Waals surface area (Å²) in [5, 5.41) is 5.45. The molecule has 0 radical (unpaired) electrons. The third-order valence-electron chi connectivity index (χ3n) is 6.92. The number of esters is 1. The standard InChI is InChI=1S/C35H50N4O7/c1-9-23(2)39(31(42)26(20-21-28(36)40)38-33(44)46-35(6,7)8)29(25-18-14-11-15-19-25)30(41)37-27(32(43)45-34(3,4)5)22-24-16-12-10-13-17-24/h10-19,23,26-27,29H,9,20-22H2,1-8H3,(H2,36,40)(H,37,41)(H,38,44). The summed E-state index contributed by atoms with van der Waals surface area (Å²) in [6.07, 6.45) is -0.551. The van der Waals surface area contributed by atoms with E-state index in [1.165, 1.54) is 4.90 Å². The number of nitrogens with two attached hydrogens (primary N) is 1. The van der Waals surface area contributed by atoms with Gasteiger partial charge in [-0.15, -0.1) is 0 Å². The van der Waals surface area contributed by atoms with Crippen LogP contribution in [-0.2, 0) is 35.1 Å². The van der Waals surface area contributed by atoms with Crippen molar-refractivity contribution < 1.29 is 33.4 Å². The topological polar surface area (TPSA) is 157 Å². The number of rotatable bonds is 14. The Labute approximate surface area is 272 Å². The number of hydrogen-bond donors (Lipinski definition) is 3. The summed E-state index contributed by atoms with van der Waals surface area (Å²) in [6, 6.07) is 13.9. The zero-order chi connectivity index (χ0) is 34.7. The van der Waals surface area contributed by atoms with Gasteiger partial charge in [0.1, 0.15) is 29.3 Å². The van der Waals surface area contributed by atoms with Crippen LogP contribution in [0.3, 0.4) is 0 Å². The number of nitrogens with zero attached hydrogens (tertiary/aromatic N) is 1. The lowest BCUT2D eigenvalue weighted by Gasteiger charge is -2.38. The average molecular weight is 639 g/mol. The van der Waals surface area contributed by atoms with Crippen LogP contribution in [0.2, 0.25) is 0 Å². The van der Waals surface area contributed by atoms with Crippen molar-refractivity contribution in [3.05, 3.63) is 71.8 Å². The molecule has 0 aromatic heterocycles. The number of ether oxygens (including phenoxy) is 2. The Balaban J connectivity index is 2.60. The molecule has 2 aromatic carbocycles. The summed E-state index contributed by atoms with van der Waals surface area (Å²) >= 11 is 0. The fourth-order valence-corrected chi connectivity index (χ4v) is 4.71. The van der Waals surface area contributed by atoms with Crippen LogP contribution in [0.4, 0.5) is 4.79 Å². The van der Waals surface area contributed by atoms with E-state index in [1.807, 2.05) is 37.3 Å². The lowest BCUT2D eigenvalue weighted by Crippen LogP contribution is -2.57. The van der Waals surface area contributed by atoms with Crippen molar-refractivity contribution in [3.63, 3.8) is 0 Å². The van der Waals surface area contributed by atoms with Crippen molar-refractivity contribution in [3.8, 4) is 0 Å². The molecule has 0 fully saturated rings. The molecule has 0 saturated carbocycles. The van der Waals surface area contributed by atoms with E-state index in [2.05, 4.69) is 10.6 Å². The Morgan fingerprint density at radius 2 is 1.35 bits per heavy atom. The summed E-state index contributed by atoms with van der Waals surface area (Å²) < 4.78 is 11.1. The van der Waals surface area contributed by atoms with Crippen molar-refractivity contribution >= 4 is 29.8 Å². The smallest absolute Gasteiger partial charge is 0.408 e. The van der Waals surface area contributed by atoms with Crippen LogP contribution in [0.25, 0.3) is 0 Å². The van der Waals surface area contributed by atoms with Gasteiger partial charge in [-0.1, -0.05) is 67.6 Å². The Hall–Kier alpha value is -4.41. The number of hydrogen-bond acceptors (Lipinski definition) is 7. The molecule has 0 spiro atoms. The van der Waals surface area contributed by atoms with Crippen LogP contribution in [0.15, 0.2) is 60.7 Å². The van der Waals surface area contributed by atoms with E-state index in [0.717, 1.165) is 5.56 Å². The zero-order valence-electron chi connectivity index (χ0n) is 28.3. The molecule has 0 saturated heterocycles. The van der Waals surface area contributed by atoms with Crippen LogP contribution >= 0.6 is 0 Å². The number of carbonyl (C=O) groups is 5. The van der Waals surface area contributed by atoms with Crippen LogP contribution in [-0.4, -0.2) is 64.0 Å². The van der Waals surface area contributed by atoms with Crippen molar-refractivity contribution in [1.82, 2.24) is 15.5 Å². The molecule has 0 aliphatic heterocycles. The fraction of sp³-hybridized carbons (Fsp3) is 0.514. The zero-order valence-corrected chi connectivity index (χ0v) is 28.3. The van der Waals surface area contributed by atoms with E-state index in [1.54, 1.807) is 78.8 Å². The van der Waals surface area contributed by atoms with Crippen molar-refractivity contribution in [2.24, 2.45) is 5.73 Å². The minimum absolute atomic E-state index is 0.113. The van der Waals surface area contributed by atoms with Gasteiger partial charge in [0.15, 0.2) is 0 Å². The Morgan fingerprint density at radius 3 is 1.85 bits per heavy atom. The normalized spacial score (nSPS) is 14.2. The predicted molar refractivity (Wildman–Crippen MR) is 175 cm³/mol. The molecule has 4 N–H and O–H groups in total. The largest absolute Gasteiger partial charge is 0.458 e. The van der Waals surface area contributed by atoms with Gasteiger partial charge in [-0.25, -0.2) is 9.59 Å². The van der Waals surface area contributed by atoms with E-state index in [0.29, 0.717) is 12.0 Å². The number of benzene rings is 2. The first-order valence-corrected chi connectivity index (χ1v) is 15.6. The molecule has 252 valence electrons. The van der Waals surface area contributed by atoms with Crippen LogP contribution < -0.4 is 16.4 Å². The van der Waals surface area contributed by atoms with Crippen LogP contribution in [0.5, 0.6) is 0 Å². The van der Waals surface area contributed by atoms with Gasteiger partial charge in [0.05, 0.1) is 0 Å². The molecule has 46 heavy (non-hydrogen) atoms. The van der Waals surface area contributed by atoms with E-state index in [-0.39, 0.29) is 19.3 Å². The second-order valence-electron chi connectivity index (χ2n) is 13.3. The maximum atomic E-state index is 14.4. The second-order valence-corrected chi connectivity index (χ2v) is 13.3. The highest BCUT2D eigenvalue weighted by molar-refractivity contribution is 5.94. The third-order valence-corrected chi connectivity index (χ3v) is 6.92. The summed E-state index contributed by atoms with van der Waals surface area (Å²) in [4.78, 5) is 68.2. The highest BCUT2D eigenvalue weighted by atomic mass is 16.6. The predicted octanol–water partition coefficient (Wildman–Crippen LogP) is 4.58. The van der Waals surface area contributed by atoms with Crippen molar-refractivity contribution in [1.29, 1.82) is 0 Å². The fourth-order valence-electron chi connectivity index (χ4n) is 4.71. The lowest BCUT2D eigenvalue weighted by atomic mass is 9.98. The molecule has 11 heteroatoms. The Morgan fingerprint density at radius 1 is 0.804 bits per heavy atom. The molecular formula is C35H50N4O7. The molecule has 4 atom stereocenters. The number of primary amides is 1. The van der Waals surface area contributed by atoms with Gasteiger partial charge in [0.2, 0.25) is 17.7 Å². The van der Waals surface area contributed by atoms with E-state index < -0.39 is 65.2 Å². The maximum absolute atomic E-state index is 14.4. The summed E-state index contributed by atoms with van der Waals surface area (Å²) in [6.45, 7) is 13.9. The van der Waals surface area contributed by atoms with Gasteiger partial charge in [-0.05, 0) is 72.4 Å². The van der Waals surface area contributed by atoms with E-state index in [4.69, 9.17) is 15.2 Å². The maximum Gasteiger partial charge on any atom is 0.408 e. The average Bonchev–Trinajstić information content (AvgIpc) is 2.95. The minimum Gasteiger partial charge on any atom is -0.458 e. The first kappa shape index (κ1) is 37.8. The lowest BCUT2D eigenvalue weighted by molar-refractivity contribution is -0.159. The van der Waals surface area contributed by atoms with Gasteiger partial charge in [0, 0.05) is 18.9 Å². The number of amides is 4. The minimum atomic E-state index is -1.23. The molecule has 4 amide bonds. The van der Waals surface area contributed by atoms with Crippen molar-refractivity contribution in [2.45, 2.75) is 116 Å². The quantitative estimate of drug-likeness (QED) is 0.256. The van der Waals surface area contributed by atoms with E-state index >= 15 is 0 Å². The number of alkyl carbamates (subject to hydrolysis) is 1. The molecule has 4 unspecified atom stereocenters. The van der Waals surface area contributed by atoms with Crippen LogP contribution in [0, 0.1) is 0 Å². The highest BCUT2D eigenvalue weighted by Crippen LogP contribution is 2.27. The summed E-state index contributed by atoms with van der Waals surface area (Å²) in [5.74, 6) is -2.50. The summed E-state index contributed by atoms with van der Waals surface area (Å²) in [7, 11) is 0. The Bertz CT molecular complexity index is 1320. The van der Waals surface area contributed by atoms with Gasteiger partial charge in [0.25, 0.3) is 0 Å². The van der Waals surface area contributed by atoms with Crippen molar-refractivity contribution in [2.75, 3.05) is 0 Å². The molecule has 2 aromatic rings. The third kappa shape index (κ3) is 12.5. The Kier molecular flexibility index (Phi) is 13.8. The summed E-state index contributed by atoms with van der Waals surface area (Å²) in [5.41, 5.74) is 5.04. The van der Waals surface area contributed by atoms with Crippen LogP contribution in [0.1, 0.15) is 91.8 Å². The number of nitrogens with one attached hydrogen (secondary N) is 2. The SMILES string of the molecule is CCC(C)N(C(=O)C(CCC(N)=O)NC(=O)OC(C)(C)C)C(C(=O)NC(Cc1ccccc1)C(=O)OC(C)(C)C)c1ccccc1. The first-order valence-electron chi connectivity index (χ1n) is 15.6. The second kappa shape index (κ2) is 16.8. The monoisotopic (exact) mass is 638 g/mol. The molecule has 0 aliphatic carbocycles. The van der Waals surface area contributed by atoms with E-state index in [9.17, 15) is 24.0 Å². The molecule has 0 heterocycles. The molecule has 2 rings (SSSR count). The first-order chi connectivity index (χ1) is 21.4. The molecular weight excluding hydrogens is 588 g/mol. The van der Waals surface area contributed by atoms with Gasteiger partial charge in [-0.2, -0.15) is 0 Å². The highest BCUT2D eigenvalue weighted by Gasteiger charge is 2.40. The van der Waals surface area contributed by atoms with Gasteiger partial charge >= 0.3 is 12.1 Å². The molecule has 0 bridgehead atoms. The van der Waals surface area contributed by atoms with Gasteiger partial charge in [-0.3, -0.25) is 14.4 Å².